The average Bonchev–Trinajstić information content (AvgIpc) is 2.69. The second-order valence-electron chi connectivity index (χ2n) is 3.27. The maximum Gasteiger partial charge on any atom is 0.0768 e. The molecule has 0 bridgehead atoms. The van der Waals surface area contributed by atoms with Crippen LogP contribution < -0.4 is 5.32 Å². The molecule has 1 fully saturated rings. The van der Waals surface area contributed by atoms with Crippen LogP contribution >= 0.6 is 11.3 Å². The molecule has 1 N–H and O–H groups in total. The topological polar surface area (TPSA) is 12.0 Å². The molecule has 0 radical (unpaired) electrons. The highest BCUT2D eigenvalue weighted by Crippen LogP contribution is 2.11. The standard InChI is InChI=1S/C11H13NS/c1-2-11(13-9-1)4-3-10-5-7-12-8-6-10/h1-2,9-10,12H,5-8H2. The van der Waals surface area contributed by atoms with Crippen molar-refractivity contribution in [3.63, 3.8) is 0 Å². The Bertz CT molecular complexity index is 299. The highest BCUT2D eigenvalue weighted by Gasteiger charge is 2.08. The van der Waals surface area contributed by atoms with Gasteiger partial charge in [0.05, 0.1) is 4.88 Å². The van der Waals surface area contributed by atoms with Crippen LogP contribution in [0, 0.1) is 17.8 Å². The van der Waals surface area contributed by atoms with Gasteiger partial charge in [-0.2, -0.15) is 0 Å². The van der Waals surface area contributed by atoms with Gasteiger partial charge in [-0.05, 0) is 37.4 Å². The molecule has 2 heterocycles. The maximum atomic E-state index is 3.34. The molecule has 1 aromatic heterocycles. The molecule has 0 aliphatic carbocycles. The van der Waals surface area contributed by atoms with Crippen LogP contribution in [0.25, 0.3) is 0 Å². The van der Waals surface area contributed by atoms with E-state index in [1.165, 1.54) is 17.7 Å². The molecule has 1 saturated heterocycles. The summed E-state index contributed by atoms with van der Waals surface area (Å²) in [7, 11) is 0. The van der Waals surface area contributed by atoms with Crippen LogP contribution in [-0.2, 0) is 0 Å². The van der Waals surface area contributed by atoms with Gasteiger partial charge in [0.25, 0.3) is 0 Å². The van der Waals surface area contributed by atoms with Gasteiger partial charge < -0.3 is 5.32 Å². The van der Waals surface area contributed by atoms with Gasteiger partial charge >= 0.3 is 0 Å². The van der Waals surface area contributed by atoms with E-state index in [4.69, 9.17) is 0 Å². The largest absolute Gasteiger partial charge is 0.317 e. The predicted octanol–water partition coefficient (Wildman–Crippen LogP) is 2.10. The number of hydrogen-bond donors (Lipinski definition) is 1. The first-order valence-corrected chi connectivity index (χ1v) is 5.59. The number of piperidine rings is 1. The first-order valence-electron chi connectivity index (χ1n) is 4.71. The van der Waals surface area contributed by atoms with Crippen molar-refractivity contribution < 1.29 is 0 Å². The molecule has 13 heavy (non-hydrogen) atoms. The summed E-state index contributed by atoms with van der Waals surface area (Å²) in [5.41, 5.74) is 0. The van der Waals surface area contributed by atoms with Gasteiger partial charge in [0.1, 0.15) is 0 Å². The third-order valence-electron chi connectivity index (χ3n) is 2.26. The van der Waals surface area contributed by atoms with Crippen LogP contribution in [-0.4, -0.2) is 13.1 Å². The quantitative estimate of drug-likeness (QED) is 0.619. The van der Waals surface area contributed by atoms with Crippen molar-refractivity contribution in [3.05, 3.63) is 22.4 Å². The first kappa shape index (κ1) is 8.80. The molecule has 2 heteroatoms. The predicted molar refractivity (Wildman–Crippen MR) is 56.8 cm³/mol. The summed E-state index contributed by atoms with van der Waals surface area (Å²) < 4.78 is 0. The Morgan fingerprint density at radius 2 is 2.23 bits per heavy atom. The summed E-state index contributed by atoms with van der Waals surface area (Å²) in [6.45, 7) is 2.26. The van der Waals surface area contributed by atoms with Crippen LogP contribution in [0.4, 0.5) is 0 Å². The zero-order valence-electron chi connectivity index (χ0n) is 7.55. The SMILES string of the molecule is C(#CC1CCNCC1)c1cccs1. The van der Waals surface area contributed by atoms with Gasteiger partial charge in [0, 0.05) is 5.92 Å². The normalized spacial score (nSPS) is 17.8. The highest BCUT2D eigenvalue weighted by molar-refractivity contribution is 7.10. The number of nitrogens with one attached hydrogen (secondary N) is 1. The molecule has 0 unspecified atom stereocenters. The molecule has 0 spiro atoms. The molecule has 1 aromatic rings. The molecule has 0 atom stereocenters. The summed E-state index contributed by atoms with van der Waals surface area (Å²) in [5, 5.41) is 5.42. The minimum absolute atomic E-state index is 0.614. The fourth-order valence-corrected chi connectivity index (χ4v) is 2.07. The Morgan fingerprint density at radius 1 is 1.38 bits per heavy atom. The lowest BCUT2D eigenvalue weighted by molar-refractivity contribution is 0.447. The Morgan fingerprint density at radius 3 is 2.92 bits per heavy atom. The monoisotopic (exact) mass is 191 g/mol. The fraction of sp³-hybridized carbons (Fsp3) is 0.455. The van der Waals surface area contributed by atoms with Gasteiger partial charge in [0.2, 0.25) is 0 Å². The molecule has 1 nitrogen and oxygen atoms in total. The van der Waals surface area contributed by atoms with E-state index in [9.17, 15) is 0 Å². The molecule has 1 aliphatic heterocycles. The third-order valence-corrected chi connectivity index (χ3v) is 3.05. The smallest absolute Gasteiger partial charge is 0.0768 e. The number of hydrogen-bond acceptors (Lipinski definition) is 2. The highest BCUT2D eigenvalue weighted by atomic mass is 32.1. The lowest BCUT2D eigenvalue weighted by Crippen LogP contribution is -2.26. The van der Waals surface area contributed by atoms with Gasteiger partial charge in [-0.1, -0.05) is 17.9 Å². The summed E-state index contributed by atoms with van der Waals surface area (Å²) >= 11 is 1.72. The van der Waals surface area contributed by atoms with E-state index >= 15 is 0 Å². The molecule has 0 amide bonds. The van der Waals surface area contributed by atoms with E-state index in [2.05, 4.69) is 34.7 Å². The lowest BCUT2D eigenvalue weighted by atomic mass is 9.99. The van der Waals surface area contributed by atoms with E-state index in [1.54, 1.807) is 11.3 Å². The molecule has 1 aliphatic rings. The van der Waals surface area contributed by atoms with E-state index in [-0.39, 0.29) is 0 Å². The Kier molecular flexibility index (Phi) is 3.02. The minimum atomic E-state index is 0.614. The van der Waals surface area contributed by atoms with Crippen molar-refractivity contribution in [1.82, 2.24) is 5.32 Å². The van der Waals surface area contributed by atoms with E-state index in [1.807, 2.05) is 0 Å². The summed E-state index contributed by atoms with van der Waals surface area (Å²) in [4.78, 5) is 1.19. The molecular weight excluding hydrogens is 178 g/mol. The van der Waals surface area contributed by atoms with Crippen molar-refractivity contribution in [2.45, 2.75) is 12.8 Å². The number of thiophene rings is 1. The third kappa shape index (κ3) is 2.58. The van der Waals surface area contributed by atoms with Gasteiger partial charge in [-0.25, -0.2) is 0 Å². The van der Waals surface area contributed by atoms with Crippen molar-refractivity contribution in [2.24, 2.45) is 5.92 Å². The van der Waals surface area contributed by atoms with Crippen LogP contribution in [0.1, 0.15) is 17.7 Å². The molecule has 2 rings (SSSR count). The fourth-order valence-electron chi connectivity index (χ4n) is 1.49. The van der Waals surface area contributed by atoms with Crippen molar-refractivity contribution in [3.8, 4) is 11.8 Å². The van der Waals surface area contributed by atoms with Gasteiger partial charge in [0.15, 0.2) is 0 Å². The van der Waals surface area contributed by atoms with Crippen molar-refractivity contribution >= 4 is 11.3 Å². The average molecular weight is 191 g/mol. The molecule has 68 valence electrons. The number of rotatable bonds is 0. The Balaban J connectivity index is 1.95. The molecular formula is C11H13NS. The summed E-state index contributed by atoms with van der Waals surface area (Å²) in [6, 6.07) is 4.13. The van der Waals surface area contributed by atoms with Gasteiger partial charge in [-0.3, -0.25) is 0 Å². The Labute approximate surface area is 83.2 Å². The first-order chi connectivity index (χ1) is 6.45. The van der Waals surface area contributed by atoms with Crippen LogP contribution in [0.5, 0.6) is 0 Å². The van der Waals surface area contributed by atoms with Crippen LogP contribution in [0.15, 0.2) is 17.5 Å². The lowest BCUT2D eigenvalue weighted by Gasteiger charge is -2.17. The van der Waals surface area contributed by atoms with E-state index < -0.39 is 0 Å². The Hall–Kier alpha value is -0.780. The zero-order chi connectivity index (χ0) is 8.93. The van der Waals surface area contributed by atoms with Crippen LogP contribution in [0.3, 0.4) is 0 Å². The van der Waals surface area contributed by atoms with Crippen molar-refractivity contribution in [1.29, 1.82) is 0 Å². The van der Waals surface area contributed by atoms with Crippen molar-refractivity contribution in [2.75, 3.05) is 13.1 Å². The van der Waals surface area contributed by atoms with Gasteiger partial charge in [-0.15, -0.1) is 11.3 Å². The molecule has 0 saturated carbocycles. The second kappa shape index (κ2) is 4.45. The zero-order valence-corrected chi connectivity index (χ0v) is 8.36. The maximum absolute atomic E-state index is 3.34. The van der Waals surface area contributed by atoms with E-state index in [0.29, 0.717) is 5.92 Å². The minimum Gasteiger partial charge on any atom is -0.317 e. The summed E-state index contributed by atoms with van der Waals surface area (Å²) in [6.07, 6.45) is 2.41. The molecule has 0 aromatic carbocycles. The van der Waals surface area contributed by atoms with Crippen LogP contribution in [0.2, 0.25) is 0 Å². The summed E-state index contributed by atoms with van der Waals surface area (Å²) in [5.74, 6) is 7.19. The second-order valence-corrected chi connectivity index (χ2v) is 4.22. The van der Waals surface area contributed by atoms with E-state index in [0.717, 1.165) is 13.1 Å².